The molecule has 0 aromatic heterocycles. The summed E-state index contributed by atoms with van der Waals surface area (Å²) in [6.07, 6.45) is 1.11. The molecule has 0 unspecified atom stereocenters. The van der Waals surface area contributed by atoms with E-state index in [9.17, 15) is 4.79 Å². The van der Waals surface area contributed by atoms with Crippen LogP contribution >= 0.6 is 0 Å². The van der Waals surface area contributed by atoms with Crippen LogP contribution in [0, 0.1) is 0 Å². The highest BCUT2D eigenvalue weighted by molar-refractivity contribution is 5.97. The van der Waals surface area contributed by atoms with E-state index >= 15 is 0 Å². The molecule has 0 aliphatic carbocycles. The van der Waals surface area contributed by atoms with Crippen LogP contribution in [0.1, 0.15) is 37.0 Å². The first kappa shape index (κ1) is 25.9. The highest BCUT2D eigenvalue weighted by Gasteiger charge is 2.23. The number of nitrogens with two attached hydrogens (primary N) is 1. The molecule has 1 heterocycles. The van der Waals surface area contributed by atoms with Gasteiger partial charge in [0.15, 0.2) is 0 Å². The predicted molar refractivity (Wildman–Crippen MR) is 146 cm³/mol. The normalized spacial score (nSPS) is 15.3. The predicted octanol–water partition coefficient (Wildman–Crippen LogP) is 4.65. The topological polar surface area (TPSA) is 70.8 Å². The van der Waals surface area contributed by atoms with E-state index in [-0.39, 0.29) is 5.91 Å². The van der Waals surface area contributed by atoms with Gasteiger partial charge < -0.3 is 15.8 Å². The van der Waals surface area contributed by atoms with Crippen molar-refractivity contribution in [2.24, 2.45) is 5.73 Å². The molecule has 1 aliphatic heterocycles. The summed E-state index contributed by atoms with van der Waals surface area (Å²) in [4.78, 5) is 17.4. The summed E-state index contributed by atoms with van der Waals surface area (Å²) in [6, 6.07) is 26.7. The Morgan fingerprint density at radius 1 is 0.833 bits per heavy atom. The van der Waals surface area contributed by atoms with Crippen LogP contribution in [-0.4, -0.2) is 47.4 Å². The van der Waals surface area contributed by atoms with Crippen molar-refractivity contribution in [3.63, 3.8) is 0 Å². The van der Waals surface area contributed by atoms with E-state index in [1.165, 1.54) is 11.1 Å². The van der Waals surface area contributed by atoms with Gasteiger partial charge in [-0.25, -0.2) is 0 Å². The van der Waals surface area contributed by atoms with E-state index in [4.69, 9.17) is 10.5 Å². The lowest BCUT2D eigenvalue weighted by Crippen LogP contribution is -2.45. The minimum atomic E-state index is -0.914. The molecule has 1 amide bonds. The number of anilines is 1. The SMILES string of the molecule is CC(C)(N)C(=O)Nc1ccccc1CN1CCCN(Cc2ccc(OCc3ccccc3)cc2)CC1. The largest absolute Gasteiger partial charge is 0.489 e. The van der Waals surface area contributed by atoms with Crippen molar-refractivity contribution in [3.05, 3.63) is 95.6 Å². The fourth-order valence-corrected chi connectivity index (χ4v) is 4.34. The average Bonchev–Trinajstić information content (AvgIpc) is 3.10. The summed E-state index contributed by atoms with van der Waals surface area (Å²) >= 11 is 0. The number of hydrogen-bond acceptors (Lipinski definition) is 5. The van der Waals surface area contributed by atoms with Gasteiger partial charge in [0.05, 0.1) is 5.54 Å². The molecule has 0 bridgehead atoms. The van der Waals surface area contributed by atoms with E-state index in [2.05, 4.69) is 57.6 Å². The fraction of sp³-hybridized carbons (Fsp3) is 0.367. The van der Waals surface area contributed by atoms with Crippen LogP contribution in [0.25, 0.3) is 0 Å². The summed E-state index contributed by atoms with van der Waals surface area (Å²) in [6.45, 7) is 9.88. The smallest absolute Gasteiger partial charge is 0.243 e. The molecule has 3 aromatic carbocycles. The number of nitrogens with zero attached hydrogens (tertiary/aromatic N) is 2. The van der Waals surface area contributed by atoms with Gasteiger partial charge in [-0.15, -0.1) is 0 Å². The van der Waals surface area contributed by atoms with Crippen LogP contribution in [0.4, 0.5) is 5.69 Å². The number of nitrogens with one attached hydrogen (secondary N) is 1. The van der Waals surface area contributed by atoms with E-state index in [0.29, 0.717) is 6.61 Å². The van der Waals surface area contributed by atoms with E-state index in [0.717, 1.165) is 62.7 Å². The third kappa shape index (κ3) is 7.65. The molecule has 0 radical (unpaired) electrons. The molecular weight excluding hydrogens is 448 g/mol. The van der Waals surface area contributed by atoms with E-state index in [1.54, 1.807) is 13.8 Å². The minimum absolute atomic E-state index is 0.173. The molecule has 3 aromatic rings. The minimum Gasteiger partial charge on any atom is -0.489 e. The Balaban J connectivity index is 1.27. The number of rotatable bonds is 9. The zero-order valence-corrected chi connectivity index (χ0v) is 21.5. The van der Waals surface area contributed by atoms with Crippen molar-refractivity contribution in [1.82, 2.24) is 9.80 Å². The monoisotopic (exact) mass is 486 g/mol. The summed E-state index contributed by atoms with van der Waals surface area (Å²) in [5.74, 6) is 0.724. The molecule has 1 saturated heterocycles. The highest BCUT2D eigenvalue weighted by Crippen LogP contribution is 2.20. The molecule has 3 N–H and O–H groups in total. The van der Waals surface area contributed by atoms with Crippen molar-refractivity contribution in [3.8, 4) is 5.75 Å². The van der Waals surface area contributed by atoms with Gasteiger partial charge in [0.25, 0.3) is 0 Å². The fourth-order valence-electron chi connectivity index (χ4n) is 4.34. The molecule has 1 aliphatic rings. The molecule has 190 valence electrons. The molecule has 0 atom stereocenters. The van der Waals surface area contributed by atoms with Gasteiger partial charge in [-0.05, 0) is 68.2 Å². The number of ether oxygens (including phenoxy) is 1. The van der Waals surface area contributed by atoms with Crippen molar-refractivity contribution in [2.75, 3.05) is 31.5 Å². The molecule has 0 saturated carbocycles. The first-order valence-corrected chi connectivity index (χ1v) is 12.8. The summed E-state index contributed by atoms with van der Waals surface area (Å²) in [7, 11) is 0. The second kappa shape index (κ2) is 12.2. The number of hydrogen-bond donors (Lipinski definition) is 2. The molecule has 4 rings (SSSR count). The average molecular weight is 487 g/mol. The maximum absolute atomic E-state index is 12.4. The Bertz CT molecular complexity index is 1110. The third-order valence-corrected chi connectivity index (χ3v) is 6.50. The van der Waals surface area contributed by atoms with E-state index < -0.39 is 5.54 Å². The molecular formula is C30H38N4O2. The van der Waals surface area contributed by atoms with Gasteiger partial charge in [-0.2, -0.15) is 0 Å². The summed E-state index contributed by atoms with van der Waals surface area (Å²) in [5.41, 5.74) is 9.49. The quantitative estimate of drug-likeness (QED) is 0.461. The molecule has 1 fully saturated rings. The number of amides is 1. The Morgan fingerprint density at radius 3 is 2.17 bits per heavy atom. The van der Waals surface area contributed by atoms with Crippen LogP contribution in [0.3, 0.4) is 0 Å². The number of carbonyl (C=O) groups excluding carboxylic acids is 1. The van der Waals surface area contributed by atoms with Gasteiger partial charge in [0.2, 0.25) is 5.91 Å². The van der Waals surface area contributed by atoms with Gasteiger partial charge in [0.1, 0.15) is 12.4 Å². The Morgan fingerprint density at radius 2 is 1.47 bits per heavy atom. The lowest BCUT2D eigenvalue weighted by molar-refractivity contribution is -0.120. The number of benzene rings is 3. The standard InChI is InChI=1S/C30H38N4O2/c1-30(2,31)29(35)32-28-12-7-6-11-26(28)22-34-18-8-17-33(19-20-34)21-24-13-15-27(16-14-24)36-23-25-9-4-3-5-10-25/h3-7,9-16H,8,17-23,31H2,1-2H3,(H,32,35). The van der Waals surface area contributed by atoms with Crippen molar-refractivity contribution < 1.29 is 9.53 Å². The van der Waals surface area contributed by atoms with Crippen molar-refractivity contribution in [1.29, 1.82) is 0 Å². The van der Waals surface area contributed by atoms with Gasteiger partial charge in [-0.1, -0.05) is 60.7 Å². The van der Waals surface area contributed by atoms with Crippen LogP contribution in [0.15, 0.2) is 78.9 Å². The van der Waals surface area contributed by atoms with Crippen LogP contribution < -0.4 is 15.8 Å². The Hall–Kier alpha value is -3.19. The summed E-state index contributed by atoms with van der Waals surface area (Å²) in [5, 5.41) is 3.01. The van der Waals surface area contributed by atoms with Crippen molar-refractivity contribution in [2.45, 2.75) is 45.5 Å². The second-order valence-corrected chi connectivity index (χ2v) is 10.2. The van der Waals surface area contributed by atoms with Crippen molar-refractivity contribution >= 4 is 11.6 Å². The number of para-hydroxylation sites is 1. The molecule has 6 heteroatoms. The van der Waals surface area contributed by atoms with E-state index in [1.807, 2.05) is 36.4 Å². The Labute approximate surface area is 215 Å². The van der Waals surface area contributed by atoms with Crippen LogP contribution in [-0.2, 0) is 24.5 Å². The maximum atomic E-state index is 12.4. The lowest BCUT2D eigenvalue weighted by atomic mass is 10.1. The van der Waals surface area contributed by atoms with Crippen LogP contribution in [0.5, 0.6) is 5.75 Å². The zero-order valence-electron chi connectivity index (χ0n) is 21.5. The van der Waals surface area contributed by atoms with Gasteiger partial charge >= 0.3 is 0 Å². The number of carbonyl (C=O) groups is 1. The summed E-state index contributed by atoms with van der Waals surface area (Å²) < 4.78 is 5.93. The Kier molecular flexibility index (Phi) is 8.75. The molecule has 6 nitrogen and oxygen atoms in total. The van der Waals surface area contributed by atoms with Gasteiger partial charge in [0, 0.05) is 31.9 Å². The first-order chi connectivity index (χ1) is 17.4. The molecule has 36 heavy (non-hydrogen) atoms. The van der Waals surface area contributed by atoms with Gasteiger partial charge in [-0.3, -0.25) is 14.6 Å². The van der Waals surface area contributed by atoms with Crippen LogP contribution in [0.2, 0.25) is 0 Å². The maximum Gasteiger partial charge on any atom is 0.243 e. The first-order valence-electron chi connectivity index (χ1n) is 12.8. The third-order valence-electron chi connectivity index (χ3n) is 6.50. The second-order valence-electron chi connectivity index (χ2n) is 10.2. The zero-order chi connectivity index (χ0) is 25.4. The molecule has 0 spiro atoms. The highest BCUT2D eigenvalue weighted by atomic mass is 16.5. The lowest BCUT2D eigenvalue weighted by Gasteiger charge is -2.24.